The second-order valence-corrected chi connectivity index (χ2v) is 4.51. The third-order valence-corrected chi connectivity index (χ3v) is 3.09. The van der Waals surface area contributed by atoms with Crippen LogP contribution in [0.4, 0.5) is 5.69 Å². The summed E-state index contributed by atoms with van der Waals surface area (Å²) < 4.78 is 5.14. The Labute approximate surface area is 108 Å². The first-order chi connectivity index (χ1) is 8.76. The Morgan fingerprint density at radius 1 is 1.28 bits per heavy atom. The maximum Gasteiger partial charge on any atom is 0.0758 e. The number of anilines is 1. The van der Waals surface area contributed by atoms with Crippen LogP contribution in [-0.2, 0) is 17.6 Å². The fourth-order valence-electron chi connectivity index (χ4n) is 2.19. The molecule has 0 amide bonds. The van der Waals surface area contributed by atoms with Gasteiger partial charge in [0, 0.05) is 23.9 Å². The normalized spacial score (nSPS) is 11.0. The molecule has 0 spiro atoms. The summed E-state index contributed by atoms with van der Waals surface area (Å²) in [6.07, 6.45) is 2.92. The minimum Gasteiger partial charge on any atom is -0.398 e. The predicted molar refractivity (Wildman–Crippen MR) is 75.7 cm³/mol. The van der Waals surface area contributed by atoms with Gasteiger partial charge in [-0.15, -0.1) is 0 Å². The number of aryl methyl sites for hydroxylation is 1. The van der Waals surface area contributed by atoms with Gasteiger partial charge in [-0.1, -0.05) is 31.5 Å². The van der Waals surface area contributed by atoms with E-state index in [4.69, 9.17) is 15.5 Å². The van der Waals surface area contributed by atoms with Crippen LogP contribution in [0, 0.1) is 0 Å². The fraction of sp³-hybridized carbons (Fsp3) is 0.400. The number of nitrogens with zero attached hydrogens (tertiary/aromatic N) is 1. The summed E-state index contributed by atoms with van der Waals surface area (Å²) >= 11 is 0. The standard InChI is InChI=1S/C15H20N2O/c1-3-5-12-10-14(16)13-7-4-6-11(8-9-18-2)15(13)17-12/h4,6-7,10H,3,5,8-9H2,1-2H3,(H2,16,17). The molecule has 0 bridgehead atoms. The van der Waals surface area contributed by atoms with E-state index in [1.807, 2.05) is 18.2 Å². The summed E-state index contributed by atoms with van der Waals surface area (Å²) in [4.78, 5) is 4.74. The summed E-state index contributed by atoms with van der Waals surface area (Å²) in [6.45, 7) is 2.86. The maximum absolute atomic E-state index is 6.11. The van der Waals surface area contributed by atoms with Gasteiger partial charge in [0.15, 0.2) is 0 Å². The van der Waals surface area contributed by atoms with Crippen molar-refractivity contribution in [1.29, 1.82) is 0 Å². The van der Waals surface area contributed by atoms with Crippen molar-refractivity contribution >= 4 is 16.6 Å². The molecule has 1 aromatic heterocycles. The zero-order chi connectivity index (χ0) is 13.0. The van der Waals surface area contributed by atoms with E-state index < -0.39 is 0 Å². The molecule has 0 radical (unpaired) electrons. The average molecular weight is 244 g/mol. The van der Waals surface area contributed by atoms with Crippen molar-refractivity contribution in [3.05, 3.63) is 35.5 Å². The first kappa shape index (κ1) is 12.8. The number of rotatable bonds is 5. The van der Waals surface area contributed by atoms with Gasteiger partial charge < -0.3 is 10.5 Å². The van der Waals surface area contributed by atoms with Crippen LogP contribution in [0.15, 0.2) is 24.3 Å². The van der Waals surface area contributed by atoms with Crippen molar-refractivity contribution in [3.63, 3.8) is 0 Å². The number of nitrogens with two attached hydrogens (primary N) is 1. The molecule has 0 fully saturated rings. The topological polar surface area (TPSA) is 48.1 Å². The Balaban J connectivity index is 2.51. The summed E-state index contributed by atoms with van der Waals surface area (Å²) in [6, 6.07) is 8.16. The summed E-state index contributed by atoms with van der Waals surface area (Å²) in [5.41, 5.74) is 10.2. The highest BCUT2D eigenvalue weighted by atomic mass is 16.5. The van der Waals surface area contributed by atoms with E-state index in [0.29, 0.717) is 6.61 Å². The van der Waals surface area contributed by atoms with E-state index in [2.05, 4.69) is 13.0 Å². The molecule has 0 aliphatic heterocycles. The van der Waals surface area contributed by atoms with E-state index in [0.717, 1.165) is 41.5 Å². The largest absolute Gasteiger partial charge is 0.398 e. The lowest BCUT2D eigenvalue weighted by Crippen LogP contribution is -2.01. The van der Waals surface area contributed by atoms with Crippen molar-refractivity contribution in [2.45, 2.75) is 26.2 Å². The third-order valence-electron chi connectivity index (χ3n) is 3.09. The zero-order valence-corrected chi connectivity index (χ0v) is 11.1. The number of hydrogen-bond acceptors (Lipinski definition) is 3. The molecule has 2 N–H and O–H groups in total. The molecule has 0 saturated heterocycles. The Kier molecular flexibility index (Phi) is 4.15. The number of nitrogen functional groups attached to an aromatic ring is 1. The Morgan fingerprint density at radius 2 is 2.11 bits per heavy atom. The molecule has 3 heteroatoms. The van der Waals surface area contributed by atoms with Gasteiger partial charge in [-0.25, -0.2) is 0 Å². The first-order valence-corrected chi connectivity index (χ1v) is 6.42. The van der Waals surface area contributed by atoms with Crippen molar-refractivity contribution in [1.82, 2.24) is 4.98 Å². The predicted octanol–water partition coefficient (Wildman–Crippen LogP) is 2.96. The van der Waals surface area contributed by atoms with E-state index >= 15 is 0 Å². The van der Waals surface area contributed by atoms with Crippen LogP contribution in [0.5, 0.6) is 0 Å². The van der Waals surface area contributed by atoms with Gasteiger partial charge in [0.05, 0.1) is 12.1 Å². The van der Waals surface area contributed by atoms with Gasteiger partial charge in [0.1, 0.15) is 0 Å². The van der Waals surface area contributed by atoms with Gasteiger partial charge in [0.25, 0.3) is 0 Å². The minimum atomic E-state index is 0.707. The van der Waals surface area contributed by atoms with Crippen LogP contribution in [0.1, 0.15) is 24.6 Å². The van der Waals surface area contributed by atoms with Gasteiger partial charge in [0.2, 0.25) is 0 Å². The Bertz CT molecular complexity index is 537. The molecule has 2 aromatic rings. The van der Waals surface area contributed by atoms with Crippen molar-refractivity contribution in [2.75, 3.05) is 19.5 Å². The third kappa shape index (κ3) is 2.62. The number of hydrogen-bond donors (Lipinski definition) is 1. The highest BCUT2D eigenvalue weighted by Gasteiger charge is 2.07. The van der Waals surface area contributed by atoms with Crippen molar-refractivity contribution < 1.29 is 4.74 Å². The number of para-hydroxylation sites is 1. The van der Waals surface area contributed by atoms with E-state index in [9.17, 15) is 0 Å². The highest BCUT2D eigenvalue weighted by molar-refractivity contribution is 5.92. The van der Waals surface area contributed by atoms with Crippen molar-refractivity contribution in [2.24, 2.45) is 0 Å². The molecule has 96 valence electrons. The number of ether oxygens (including phenoxy) is 1. The van der Waals surface area contributed by atoms with Crippen LogP contribution in [0.25, 0.3) is 10.9 Å². The lowest BCUT2D eigenvalue weighted by atomic mass is 10.0. The number of methoxy groups -OCH3 is 1. The fourth-order valence-corrected chi connectivity index (χ4v) is 2.19. The average Bonchev–Trinajstić information content (AvgIpc) is 2.37. The molecule has 18 heavy (non-hydrogen) atoms. The van der Waals surface area contributed by atoms with E-state index in [1.165, 1.54) is 5.56 Å². The first-order valence-electron chi connectivity index (χ1n) is 6.42. The van der Waals surface area contributed by atoms with Crippen LogP contribution in [0.3, 0.4) is 0 Å². The second kappa shape index (κ2) is 5.83. The van der Waals surface area contributed by atoms with Gasteiger partial charge in [-0.2, -0.15) is 0 Å². The number of aromatic nitrogens is 1. The van der Waals surface area contributed by atoms with Gasteiger partial charge >= 0.3 is 0 Å². The zero-order valence-electron chi connectivity index (χ0n) is 11.1. The summed E-state index contributed by atoms with van der Waals surface area (Å²) in [5, 5.41) is 1.04. The molecule has 0 atom stereocenters. The summed E-state index contributed by atoms with van der Waals surface area (Å²) in [7, 11) is 1.72. The van der Waals surface area contributed by atoms with Crippen molar-refractivity contribution in [3.8, 4) is 0 Å². The highest BCUT2D eigenvalue weighted by Crippen LogP contribution is 2.24. The lowest BCUT2D eigenvalue weighted by Gasteiger charge is -2.09. The smallest absolute Gasteiger partial charge is 0.0758 e. The van der Waals surface area contributed by atoms with Gasteiger partial charge in [-0.3, -0.25) is 4.98 Å². The monoisotopic (exact) mass is 244 g/mol. The SMILES string of the molecule is CCCc1cc(N)c2cccc(CCOC)c2n1. The number of fused-ring (bicyclic) bond motifs is 1. The molecule has 0 saturated carbocycles. The lowest BCUT2D eigenvalue weighted by molar-refractivity contribution is 0.202. The van der Waals surface area contributed by atoms with Crippen LogP contribution < -0.4 is 5.73 Å². The van der Waals surface area contributed by atoms with Crippen LogP contribution >= 0.6 is 0 Å². The van der Waals surface area contributed by atoms with Crippen LogP contribution in [0.2, 0.25) is 0 Å². The quantitative estimate of drug-likeness (QED) is 0.879. The Morgan fingerprint density at radius 3 is 2.83 bits per heavy atom. The molecule has 0 aliphatic carbocycles. The van der Waals surface area contributed by atoms with E-state index in [-0.39, 0.29) is 0 Å². The Hall–Kier alpha value is -1.61. The second-order valence-electron chi connectivity index (χ2n) is 4.51. The molecular weight excluding hydrogens is 224 g/mol. The molecular formula is C15H20N2O. The minimum absolute atomic E-state index is 0.707. The molecule has 3 nitrogen and oxygen atoms in total. The molecule has 1 heterocycles. The molecule has 2 rings (SSSR count). The number of pyridine rings is 1. The van der Waals surface area contributed by atoms with Gasteiger partial charge in [-0.05, 0) is 24.5 Å². The maximum atomic E-state index is 6.11. The molecule has 0 aliphatic rings. The van der Waals surface area contributed by atoms with Crippen LogP contribution in [-0.4, -0.2) is 18.7 Å². The summed E-state index contributed by atoms with van der Waals surface area (Å²) in [5.74, 6) is 0. The van der Waals surface area contributed by atoms with E-state index in [1.54, 1.807) is 7.11 Å². The number of benzene rings is 1. The molecule has 0 unspecified atom stereocenters. The molecule has 1 aromatic carbocycles.